The topological polar surface area (TPSA) is 42.0 Å². The van der Waals surface area contributed by atoms with Gasteiger partial charge < -0.3 is 5.32 Å². The van der Waals surface area contributed by atoms with Crippen LogP contribution in [0.3, 0.4) is 0 Å². The molecule has 0 saturated heterocycles. The van der Waals surface area contributed by atoms with E-state index in [2.05, 4.69) is 10.3 Å². The number of hydrogen-bond donors (Lipinski definition) is 1. The number of nitrogens with one attached hydrogen (secondary N) is 1. The van der Waals surface area contributed by atoms with E-state index in [0.29, 0.717) is 10.8 Å². The second kappa shape index (κ2) is 4.60. The molecule has 0 fully saturated rings. The first-order valence-corrected chi connectivity index (χ1v) is 5.61. The maximum Gasteiger partial charge on any atom is 0.229 e. The summed E-state index contributed by atoms with van der Waals surface area (Å²) in [4.78, 5) is 15.7. The molecule has 88 valence electrons. The first kappa shape index (κ1) is 13.3. The van der Waals surface area contributed by atoms with Crippen LogP contribution in [0.1, 0.15) is 26.3 Å². The fourth-order valence-corrected chi connectivity index (χ4v) is 1.63. The first-order chi connectivity index (χ1) is 7.21. The average molecular weight is 261 g/mol. The van der Waals surface area contributed by atoms with Crippen LogP contribution in [-0.4, -0.2) is 10.9 Å². The highest BCUT2D eigenvalue weighted by atomic mass is 35.5. The van der Waals surface area contributed by atoms with Gasteiger partial charge in [-0.3, -0.25) is 4.79 Å². The molecule has 0 bridgehead atoms. The summed E-state index contributed by atoms with van der Waals surface area (Å²) in [5, 5.41) is 3.28. The Bertz CT molecular complexity index is 401. The number of aryl methyl sites for hydroxylation is 1. The standard InChI is InChI=1S/C11H14Cl2N2O/c1-6-5-7(12)14-9(13)8(6)15-10(16)11(2,3)4/h5H,1-4H3,(H,15,16). The summed E-state index contributed by atoms with van der Waals surface area (Å²) >= 11 is 11.7. The van der Waals surface area contributed by atoms with Crippen LogP contribution in [0.4, 0.5) is 5.69 Å². The molecule has 0 saturated carbocycles. The Morgan fingerprint density at radius 3 is 2.38 bits per heavy atom. The average Bonchev–Trinajstić information content (AvgIpc) is 2.08. The summed E-state index contributed by atoms with van der Waals surface area (Å²) in [5.74, 6) is -0.110. The first-order valence-electron chi connectivity index (χ1n) is 4.86. The van der Waals surface area contributed by atoms with Crippen LogP contribution in [0.2, 0.25) is 10.3 Å². The van der Waals surface area contributed by atoms with Crippen molar-refractivity contribution in [3.05, 3.63) is 21.9 Å². The lowest BCUT2D eigenvalue weighted by molar-refractivity contribution is -0.123. The predicted octanol–water partition coefficient (Wildman–Crippen LogP) is 3.68. The Morgan fingerprint density at radius 2 is 1.94 bits per heavy atom. The minimum Gasteiger partial charge on any atom is -0.323 e. The third-order valence-corrected chi connectivity index (χ3v) is 2.53. The lowest BCUT2D eigenvalue weighted by atomic mass is 9.95. The summed E-state index contributed by atoms with van der Waals surface area (Å²) in [5.41, 5.74) is 0.837. The van der Waals surface area contributed by atoms with Crippen molar-refractivity contribution >= 4 is 34.8 Å². The zero-order chi connectivity index (χ0) is 12.5. The molecule has 0 aliphatic carbocycles. The summed E-state index contributed by atoms with van der Waals surface area (Å²) in [6.45, 7) is 7.30. The van der Waals surface area contributed by atoms with Crippen molar-refractivity contribution in [2.24, 2.45) is 5.41 Å². The van der Waals surface area contributed by atoms with E-state index in [9.17, 15) is 4.79 Å². The minimum atomic E-state index is -0.477. The number of nitrogens with zero attached hydrogens (tertiary/aromatic N) is 1. The minimum absolute atomic E-state index is 0.110. The molecule has 0 atom stereocenters. The van der Waals surface area contributed by atoms with E-state index < -0.39 is 5.41 Å². The maximum atomic E-state index is 11.8. The van der Waals surface area contributed by atoms with E-state index >= 15 is 0 Å². The van der Waals surface area contributed by atoms with Gasteiger partial charge in [-0.25, -0.2) is 4.98 Å². The van der Waals surface area contributed by atoms with Gasteiger partial charge in [-0.05, 0) is 18.6 Å². The zero-order valence-corrected chi connectivity index (χ0v) is 11.2. The molecule has 16 heavy (non-hydrogen) atoms. The molecular weight excluding hydrogens is 247 g/mol. The smallest absolute Gasteiger partial charge is 0.229 e. The van der Waals surface area contributed by atoms with E-state index in [1.165, 1.54) is 0 Å². The highest BCUT2D eigenvalue weighted by Crippen LogP contribution is 2.28. The largest absolute Gasteiger partial charge is 0.323 e. The molecule has 0 unspecified atom stereocenters. The van der Waals surface area contributed by atoms with E-state index in [-0.39, 0.29) is 11.1 Å². The molecule has 0 spiro atoms. The molecule has 1 aromatic heterocycles. The van der Waals surface area contributed by atoms with Crippen molar-refractivity contribution in [3.8, 4) is 0 Å². The van der Waals surface area contributed by atoms with Gasteiger partial charge in [-0.2, -0.15) is 0 Å². The number of carbonyl (C=O) groups is 1. The van der Waals surface area contributed by atoms with Gasteiger partial charge in [-0.15, -0.1) is 0 Å². The molecule has 1 rings (SSSR count). The Labute approximate surface area is 105 Å². The van der Waals surface area contributed by atoms with Crippen molar-refractivity contribution in [2.45, 2.75) is 27.7 Å². The van der Waals surface area contributed by atoms with Crippen molar-refractivity contribution in [1.29, 1.82) is 0 Å². The number of hydrogen-bond acceptors (Lipinski definition) is 2. The monoisotopic (exact) mass is 260 g/mol. The Kier molecular flexibility index (Phi) is 3.81. The number of pyridine rings is 1. The third kappa shape index (κ3) is 3.09. The number of rotatable bonds is 1. The number of anilines is 1. The number of carbonyl (C=O) groups excluding carboxylic acids is 1. The summed E-state index contributed by atoms with van der Waals surface area (Å²) < 4.78 is 0. The van der Waals surface area contributed by atoms with Gasteiger partial charge in [0.15, 0.2) is 5.15 Å². The lowest BCUT2D eigenvalue weighted by Crippen LogP contribution is -2.28. The van der Waals surface area contributed by atoms with Gasteiger partial charge in [0.05, 0.1) is 5.69 Å². The van der Waals surface area contributed by atoms with Crippen molar-refractivity contribution < 1.29 is 4.79 Å². The highest BCUT2D eigenvalue weighted by molar-refractivity contribution is 6.34. The van der Waals surface area contributed by atoms with Crippen LogP contribution in [-0.2, 0) is 4.79 Å². The van der Waals surface area contributed by atoms with E-state index in [4.69, 9.17) is 23.2 Å². The van der Waals surface area contributed by atoms with Crippen LogP contribution >= 0.6 is 23.2 Å². The molecule has 0 aliphatic heterocycles. The Morgan fingerprint density at radius 1 is 1.38 bits per heavy atom. The maximum absolute atomic E-state index is 11.8. The van der Waals surface area contributed by atoms with Gasteiger partial charge in [0.2, 0.25) is 5.91 Å². The quantitative estimate of drug-likeness (QED) is 0.783. The summed E-state index contributed by atoms with van der Waals surface area (Å²) in [7, 11) is 0. The van der Waals surface area contributed by atoms with Crippen LogP contribution in [0.25, 0.3) is 0 Å². The number of halogens is 2. The zero-order valence-electron chi connectivity index (χ0n) is 9.69. The van der Waals surface area contributed by atoms with E-state index in [1.807, 2.05) is 27.7 Å². The molecule has 1 amide bonds. The van der Waals surface area contributed by atoms with Crippen LogP contribution < -0.4 is 5.32 Å². The normalized spacial score (nSPS) is 11.4. The van der Waals surface area contributed by atoms with Crippen LogP contribution in [0.15, 0.2) is 6.07 Å². The number of amides is 1. The lowest BCUT2D eigenvalue weighted by Gasteiger charge is -2.19. The van der Waals surface area contributed by atoms with Gasteiger partial charge in [0.25, 0.3) is 0 Å². The summed E-state index contributed by atoms with van der Waals surface area (Å²) in [6.07, 6.45) is 0. The summed E-state index contributed by atoms with van der Waals surface area (Å²) in [6, 6.07) is 1.66. The molecule has 1 aromatic rings. The molecule has 1 N–H and O–H groups in total. The molecule has 3 nitrogen and oxygen atoms in total. The molecule has 0 radical (unpaired) electrons. The fourth-order valence-electron chi connectivity index (χ4n) is 1.05. The van der Waals surface area contributed by atoms with Crippen molar-refractivity contribution in [2.75, 3.05) is 5.32 Å². The Hall–Kier alpha value is -0.800. The fraction of sp³-hybridized carbons (Fsp3) is 0.455. The van der Waals surface area contributed by atoms with Crippen molar-refractivity contribution in [1.82, 2.24) is 4.98 Å². The molecular formula is C11H14Cl2N2O. The van der Waals surface area contributed by atoms with Gasteiger partial charge >= 0.3 is 0 Å². The SMILES string of the molecule is Cc1cc(Cl)nc(Cl)c1NC(=O)C(C)(C)C. The van der Waals surface area contributed by atoms with E-state index in [0.717, 1.165) is 5.56 Å². The predicted molar refractivity (Wildman–Crippen MR) is 67.1 cm³/mol. The van der Waals surface area contributed by atoms with Crippen LogP contribution in [0.5, 0.6) is 0 Å². The highest BCUT2D eigenvalue weighted by Gasteiger charge is 2.23. The number of aromatic nitrogens is 1. The van der Waals surface area contributed by atoms with Gasteiger partial charge in [-0.1, -0.05) is 44.0 Å². The molecule has 0 aromatic carbocycles. The molecule has 5 heteroatoms. The van der Waals surface area contributed by atoms with Crippen LogP contribution in [0, 0.1) is 12.3 Å². The third-order valence-electron chi connectivity index (χ3n) is 2.06. The second-order valence-electron chi connectivity index (χ2n) is 4.63. The van der Waals surface area contributed by atoms with Crippen molar-refractivity contribution in [3.63, 3.8) is 0 Å². The Balaban J connectivity index is 3.03. The van der Waals surface area contributed by atoms with Gasteiger partial charge in [0, 0.05) is 5.41 Å². The molecule has 1 heterocycles. The van der Waals surface area contributed by atoms with Gasteiger partial charge in [0.1, 0.15) is 5.15 Å². The molecule has 0 aliphatic rings. The second-order valence-corrected chi connectivity index (χ2v) is 5.38. The van der Waals surface area contributed by atoms with E-state index in [1.54, 1.807) is 6.07 Å².